The zero-order valence-electron chi connectivity index (χ0n) is 10.5. The first-order chi connectivity index (χ1) is 10.2. The van der Waals surface area contributed by atoms with Crippen LogP contribution in [0.5, 0.6) is 5.75 Å². The van der Waals surface area contributed by atoms with Gasteiger partial charge in [0.05, 0.1) is 9.86 Å². The van der Waals surface area contributed by atoms with Crippen LogP contribution in [0, 0.1) is 0 Å². The van der Waals surface area contributed by atoms with Gasteiger partial charge >= 0.3 is 15.6 Å². The summed E-state index contributed by atoms with van der Waals surface area (Å²) in [5.74, 6) is -0.444. The summed E-state index contributed by atoms with van der Waals surface area (Å²) in [4.78, 5) is 0. The first-order valence-electron chi connectivity index (χ1n) is 5.81. The van der Waals surface area contributed by atoms with Crippen LogP contribution >= 0.6 is 15.9 Å². The van der Waals surface area contributed by atoms with Crippen molar-refractivity contribution in [3.63, 3.8) is 0 Å². The summed E-state index contributed by atoms with van der Waals surface area (Å²) < 4.78 is 70.2. The quantitative estimate of drug-likeness (QED) is 0.471. The molecule has 2 aromatic carbocycles. The highest BCUT2D eigenvalue weighted by Gasteiger charge is 2.48. The Bertz CT molecular complexity index is 976. The molecule has 0 fully saturated rings. The summed E-state index contributed by atoms with van der Waals surface area (Å²) >= 11 is 3.21. The molecular weight excluding hydrogens is 389 g/mol. The fourth-order valence-corrected chi connectivity index (χ4v) is 2.88. The number of furan rings is 1. The minimum atomic E-state index is -5.76. The largest absolute Gasteiger partial charge is 0.534 e. The Morgan fingerprint density at radius 3 is 2.45 bits per heavy atom. The van der Waals surface area contributed by atoms with Crippen LogP contribution < -0.4 is 4.18 Å². The fraction of sp³-hybridized carbons (Fsp3) is 0.0769. The predicted molar refractivity (Wildman–Crippen MR) is 77.0 cm³/mol. The van der Waals surface area contributed by atoms with E-state index in [2.05, 4.69) is 20.1 Å². The molecule has 3 rings (SSSR count). The van der Waals surface area contributed by atoms with Crippen LogP contribution in [-0.2, 0) is 10.1 Å². The number of benzene rings is 2. The van der Waals surface area contributed by atoms with E-state index in [1.807, 2.05) is 0 Å². The van der Waals surface area contributed by atoms with E-state index in [4.69, 9.17) is 4.42 Å². The van der Waals surface area contributed by atoms with Gasteiger partial charge in [-0.05, 0) is 34.1 Å². The molecule has 0 saturated heterocycles. The molecule has 0 radical (unpaired) electrons. The maximum atomic E-state index is 12.5. The number of halogens is 4. The summed E-state index contributed by atoms with van der Waals surface area (Å²) in [6.07, 6.45) is 0. The zero-order chi connectivity index (χ0) is 16.1. The highest BCUT2D eigenvalue weighted by molar-refractivity contribution is 9.10. The zero-order valence-corrected chi connectivity index (χ0v) is 12.9. The van der Waals surface area contributed by atoms with Gasteiger partial charge in [-0.25, -0.2) is 0 Å². The first kappa shape index (κ1) is 15.2. The van der Waals surface area contributed by atoms with Crippen molar-refractivity contribution in [1.29, 1.82) is 0 Å². The van der Waals surface area contributed by atoms with Crippen molar-refractivity contribution in [2.45, 2.75) is 5.51 Å². The van der Waals surface area contributed by atoms with Crippen molar-refractivity contribution in [1.82, 2.24) is 0 Å². The van der Waals surface area contributed by atoms with Crippen molar-refractivity contribution in [3.8, 4) is 5.75 Å². The summed E-state index contributed by atoms with van der Waals surface area (Å²) in [5.41, 5.74) is -4.90. The van der Waals surface area contributed by atoms with Crippen LogP contribution in [0.4, 0.5) is 13.2 Å². The Labute approximate surface area is 130 Å². The summed E-state index contributed by atoms with van der Waals surface area (Å²) in [6.45, 7) is 0. The van der Waals surface area contributed by atoms with E-state index >= 15 is 0 Å². The average Bonchev–Trinajstić information content (AvgIpc) is 2.81. The van der Waals surface area contributed by atoms with Gasteiger partial charge in [-0.15, -0.1) is 0 Å². The molecule has 9 heteroatoms. The van der Waals surface area contributed by atoms with Crippen LogP contribution in [0.3, 0.4) is 0 Å². The lowest BCUT2D eigenvalue weighted by molar-refractivity contribution is -0.0499. The molecule has 0 bridgehead atoms. The Hall–Kier alpha value is -1.74. The molecule has 0 N–H and O–H groups in total. The van der Waals surface area contributed by atoms with Crippen molar-refractivity contribution < 1.29 is 30.2 Å². The molecule has 0 spiro atoms. The molecule has 116 valence electrons. The standard InChI is InChI=1S/C13H6BrF3O4S/c14-8-5-6-10(21-22(18,19)13(15,16)17)11-7-3-1-2-4-9(7)20-12(8)11/h1-6H. The smallest absolute Gasteiger partial charge is 0.455 e. The minimum absolute atomic E-state index is 0.151. The molecule has 1 aromatic heterocycles. The van der Waals surface area contributed by atoms with E-state index < -0.39 is 21.4 Å². The second-order valence-electron chi connectivity index (χ2n) is 4.33. The van der Waals surface area contributed by atoms with Gasteiger partial charge in [0.15, 0.2) is 11.3 Å². The van der Waals surface area contributed by atoms with Gasteiger partial charge in [0.1, 0.15) is 5.58 Å². The van der Waals surface area contributed by atoms with Gasteiger partial charge in [0.25, 0.3) is 0 Å². The molecule has 0 aliphatic heterocycles. The van der Waals surface area contributed by atoms with E-state index in [1.54, 1.807) is 24.3 Å². The highest BCUT2D eigenvalue weighted by atomic mass is 79.9. The van der Waals surface area contributed by atoms with Crippen LogP contribution in [0.1, 0.15) is 0 Å². The van der Waals surface area contributed by atoms with E-state index in [0.29, 0.717) is 15.4 Å². The third-order valence-corrected chi connectivity index (χ3v) is 4.51. The SMILES string of the molecule is O=S(=O)(Oc1ccc(Br)c2oc3ccccc3c12)C(F)(F)F. The van der Waals surface area contributed by atoms with Gasteiger partial charge < -0.3 is 8.60 Å². The average molecular weight is 395 g/mol. The number of hydrogen-bond acceptors (Lipinski definition) is 4. The fourth-order valence-electron chi connectivity index (χ4n) is 2.00. The van der Waals surface area contributed by atoms with E-state index in [0.717, 1.165) is 6.07 Å². The van der Waals surface area contributed by atoms with Gasteiger partial charge in [-0.3, -0.25) is 0 Å². The Morgan fingerprint density at radius 1 is 1.09 bits per heavy atom. The Balaban J connectivity index is 2.29. The summed E-state index contributed by atoms with van der Waals surface area (Å²) in [5, 5.41) is 0.601. The molecule has 0 saturated carbocycles. The second kappa shape index (κ2) is 4.88. The number of fused-ring (bicyclic) bond motifs is 3. The number of alkyl halides is 3. The lowest BCUT2D eigenvalue weighted by Gasteiger charge is -2.10. The molecule has 0 unspecified atom stereocenters. The summed E-state index contributed by atoms with van der Waals surface area (Å²) in [7, 11) is -5.76. The van der Waals surface area contributed by atoms with Crippen molar-refractivity contribution in [2.24, 2.45) is 0 Å². The molecule has 0 atom stereocenters. The molecule has 0 amide bonds. The number of hydrogen-bond donors (Lipinski definition) is 0. The van der Waals surface area contributed by atoms with Crippen molar-refractivity contribution >= 4 is 48.0 Å². The van der Waals surface area contributed by atoms with E-state index in [9.17, 15) is 21.6 Å². The maximum Gasteiger partial charge on any atom is 0.534 e. The Kier molecular flexibility index (Phi) is 3.37. The van der Waals surface area contributed by atoms with Gasteiger partial charge in [0.2, 0.25) is 0 Å². The molecule has 22 heavy (non-hydrogen) atoms. The van der Waals surface area contributed by atoms with Crippen LogP contribution in [0.15, 0.2) is 45.3 Å². The molecule has 3 aromatic rings. The predicted octanol–water partition coefficient (Wildman–Crippen LogP) is 4.58. The van der Waals surface area contributed by atoms with Crippen LogP contribution in [-0.4, -0.2) is 13.9 Å². The van der Waals surface area contributed by atoms with Gasteiger partial charge in [0, 0.05) is 5.39 Å². The van der Waals surface area contributed by atoms with Gasteiger partial charge in [-0.1, -0.05) is 18.2 Å². The topological polar surface area (TPSA) is 56.5 Å². The maximum absolute atomic E-state index is 12.5. The number of rotatable bonds is 2. The van der Waals surface area contributed by atoms with E-state index in [1.165, 1.54) is 6.07 Å². The summed E-state index contributed by atoms with van der Waals surface area (Å²) in [6, 6.07) is 9.04. The third-order valence-electron chi connectivity index (χ3n) is 2.92. The van der Waals surface area contributed by atoms with Crippen molar-refractivity contribution in [3.05, 3.63) is 40.9 Å². The Morgan fingerprint density at radius 2 is 1.77 bits per heavy atom. The molecule has 0 aliphatic rings. The molecule has 4 nitrogen and oxygen atoms in total. The first-order valence-corrected chi connectivity index (χ1v) is 8.01. The van der Waals surface area contributed by atoms with Crippen LogP contribution in [0.25, 0.3) is 21.9 Å². The highest BCUT2D eigenvalue weighted by Crippen LogP contribution is 2.41. The normalized spacial score (nSPS) is 12.9. The molecule has 0 aliphatic carbocycles. The lowest BCUT2D eigenvalue weighted by atomic mass is 10.1. The molecule has 1 heterocycles. The lowest BCUT2D eigenvalue weighted by Crippen LogP contribution is -2.28. The van der Waals surface area contributed by atoms with E-state index in [-0.39, 0.29) is 11.0 Å². The molecular formula is C13H6BrF3O4S. The van der Waals surface area contributed by atoms with Gasteiger partial charge in [-0.2, -0.15) is 21.6 Å². The monoisotopic (exact) mass is 394 g/mol. The van der Waals surface area contributed by atoms with Crippen molar-refractivity contribution in [2.75, 3.05) is 0 Å². The number of para-hydroxylation sites is 1. The minimum Gasteiger partial charge on any atom is -0.455 e. The second-order valence-corrected chi connectivity index (χ2v) is 6.72. The van der Waals surface area contributed by atoms with Crippen LogP contribution in [0.2, 0.25) is 0 Å². The third kappa shape index (κ3) is 2.34.